The zero-order valence-electron chi connectivity index (χ0n) is 11.3. The van der Waals surface area contributed by atoms with E-state index in [-0.39, 0.29) is 0 Å². The minimum absolute atomic E-state index is 0.428. The van der Waals surface area contributed by atoms with Gasteiger partial charge in [-0.15, -0.1) is 0 Å². The monoisotopic (exact) mass is 265 g/mol. The van der Waals surface area contributed by atoms with Gasteiger partial charge in [-0.3, -0.25) is 4.21 Å². The van der Waals surface area contributed by atoms with E-state index in [9.17, 15) is 4.21 Å². The lowest BCUT2D eigenvalue weighted by atomic mass is 10.1. The van der Waals surface area contributed by atoms with Crippen LogP contribution in [0.5, 0.6) is 0 Å². The minimum atomic E-state index is -0.676. The first-order valence-electron chi connectivity index (χ1n) is 6.77. The number of benzene rings is 1. The topological polar surface area (TPSA) is 29.1 Å². The Hall–Kier alpha value is -0.670. The Morgan fingerprint density at radius 1 is 1.33 bits per heavy atom. The Morgan fingerprint density at radius 3 is 2.56 bits per heavy atom. The predicted octanol–water partition coefficient (Wildman–Crippen LogP) is 2.81. The Kier molecular flexibility index (Phi) is 4.95. The second-order valence-corrected chi connectivity index (χ2v) is 6.92. The Balaban J connectivity index is 1.73. The maximum absolute atomic E-state index is 11.0. The van der Waals surface area contributed by atoms with Crippen molar-refractivity contribution in [3.05, 3.63) is 35.4 Å². The molecule has 18 heavy (non-hydrogen) atoms. The fourth-order valence-electron chi connectivity index (χ4n) is 2.06. The highest BCUT2D eigenvalue weighted by atomic mass is 32.2. The summed E-state index contributed by atoms with van der Waals surface area (Å²) in [5.41, 5.74) is 2.83. The van der Waals surface area contributed by atoms with Crippen LogP contribution in [-0.2, 0) is 17.3 Å². The second-order valence-electron chi connectivity index (χ2n) is 5.36. The van der Waals surface area contributed by atoms with Crippen molar-refractivity contribution >= 4 is 10.8 Å². The van der Waals surface area contributed by atoms with Gasteiger partial charge in [0.25, 0.3) is 0 Å². The summed E-state index contributed by atoms with van der Waals surface area (Å²) in [6, 6.07) is 9.41. The molecule has 1 aliphatic rings. The molecule has 100 valence electrons. The smallest absolute Gasteiger partial charge is 0.0246 e. The lowest BCUT2D eigenvalue weighted by Crippen LogP contribution is -2.26. The SMILES string of the molecule is CC(CCS(C)=O)NCc1ccc(C2CC2)cc1. The molecule has 1 aliphatic carbocycles. The van der Waals surface area contributed by atoms with Crippen LogP contribution in [0.2, 0.25) is 0 Å². The van der Waals surface area contributed by atoms with E-state index in [2.05, 4.69) is 36.5 Å². The minimum Gasteiger partial charge on any atom is -0.310 e. The van der Waals surface area contributed by atoms with Gasteiger partial charge in [0.2, 0.25) is 0 Å². The van der Waals surface area contributed by atoms with Gasteiger partial charge in [0.05, 0.1) is 0 Å². The molecule has 1 aromatic carbocycles. The number of hydrogen-bond donors (Lipinski definition) is 1. The summed E-state index contributed by atoms with van der Waals surface area (Å²) in [5, 5.41) is 3.48. The van der Waals surface area contributed by atoms with Gasteiger partial charge in [-0.25, -0.2) is 0 Å². The standard InChI is InChI=1S/C15H23NOS/c1-12(9-10-18(2)17)16-11-13-3-5-14(6-4-13)15-7-8-15/h3-6,12,15-16H,7-11H2,1-2H3. The van der Waals surface area contributed by atoms with Crippen LogP contribution in [-0.4, -0.2) is 22.3 Å². The summed E-state index contributed by atoms with van der Waals surface area (Å²) >= 11 is 0. The van der Waals surface area contributed by atoms with Crippen LogP contribution in [0.3, 0.4) is 0 Å². The Labute approximate surface area is 113 Å². The van der Waals surface area contributed by atoms with E-state index in [1.165, 1.54) is 24.0 Å². The second kappa shape index (κ2) is 6.48. The zero-order chi connectivity index (χ0) is 13.0. The molecule has 1 aromatic rings. The Bertz CT molecular complexity index is 397. The van der Waals surface area contributed by atoms with Crippen LogP contribution in [0.1, 0.15) is 43.2 Å². The van der Waals surface area contributed by atoms with E-state index in [0.29, 0.717) is 6.04 Å². The van der Waals surface area contributed by atoms with Gasteiger partial charge in [-0.1, -0.05) is 24.3 Å². The first kappa shape index (κ1) is 13.8. The molecule has 0 spiro atoms. The van der Waals surface area contributed by atoms with E-state index in [1.54, 1.807) is 6.26 Å². The summed E-state index contributed by atoms with van der Waals surface area (Å²) in [6.07, 6.45) is 5.47. The van der Waals surface area contributed by atoms with Gasteiger partial charge in [0.1, 0.15) is 0 Å². The number of nitrogens with one attached hydrogen (secondary N) is 1. The third kappa shape index (κ3) is 4.54. The van der Waals surface area contributed by atoms with Gasteiger partial charge < -0.3 is 5.32 Å². The van der Waals surface area contributed by atoms with E-state index >= 15 is 0 Å². The molecular formula is C15H23NOS. The molecule has 2 rings (SSSR count). The van der Waals surface area contributed by atoms with Crippen molar-refractivity contribution in [2.75, 3.05) is 12.0 Å². The Morgan fingerprint density at radius 2 is 2.00 bits per heavy atom. The molecule has 0 heterocycles. The van der Waals surface area contributed by atoms with Crippen LogP contribution in [0.25, 0.3) is 0 Å². The van der Waals surface area contributed by atoms with Crippen molar-refractivity contribution < 1.29 is 4.21 Å². The van der Waals surface area contributed by atoms with E-state index < -0.39 is 10.8 Å². The third-order valence-corrected chi connectivity index (χ3v) is 4.33. The summed E-state index contributed by atoms with van der Waals surface area (Å²) in [4.78, 5) is 0. The van der Waals surface area contributed by atoms with Gasteiger partial charge in [0.15, 0.2) is 0 Å². The zero-order valence-corrected chi connectivity index (χ0v) is 12.1. The largest absolute Gasteiger partial charge is 0.310 e. The third-order valence-electron chi connectivity index (χ3n) is 3.52. The molecule has 0 aromatic heterocycles. The van der Waals surface area contributed by atoms with E-state index in [1.807, 2.05) is 0 Å². The average Bonchev–Trinajstić information content (AvgIpc) is 3.18. The van der Waals surface area contributed by atoms with Crippen LogP contribution in [0.4, 0.5) is 0 Å². The van der Waals surface area contributed by atoms with Crippen LogP contribution in [0.15, 0.2) is 24.3 Å². The molecular weight excluding hydrogens is 242 g/mol. The van der Waals surface area contributed by atoms with Crippen molar-refractivity contribution in [1.82, 2.24) is 5.32 Å². The molecule has 1 N–H and O–H groups in total. The van der Waals surface area contributed by atoms with E-state index in [0.717, 1.165) is 24.6 Å². The van der Waals surface area contributed by atoms with Crippen LogP contribution >= 0.6 is 0 Å². The highest BCUT2D eigenvalue weighted by molar-refractivity contribution is 7.84. The lowest BCUT2D eigenvalue weighted by Gasteiger charge is -2.13. The van der Waals surface area contributed by atoms with Crippen LogP contribution in [0, 0.1) is 0 Å². The van der Waals surface area contributed by atoms with Crippen molar-refractivity contribution in [1.29, 1.82) is 0 Å². The average molecular weight is 265 g/mol. The summed E-state index contributed by atoms with van der Waals surface area (Å²) in [5.74, 6) is 1.62. The molecule has 0 amide bonds. The maximum Gasteiger partial charge on any atom is 0.0246 e. The highest BCUT2D eigenvalue weighted by Gasteiger charge is 2.22. The maximum atomic E-state index is 11.0. The lowest BCUT2D eigenvalue weighted by molar-refractivity contribution is 0.535. The predicted molar refractivity (Wildman–Crippen MR) is 78.3 cm³/mol. The fraction of sp³-hybridized carbons (Fsp3) is 0.600. The first-order chi connectivity index (χ1) is 8.65. The van der Waals surface area contributed by atoms with Crippen molar-refractivity contribution in [3.63, 3.8) is 0 Å². The molecule has 3 heteroatoms. The normalized spacial score (nSPS) is 18.6. The summed E-state index contributed by atoms with van der Waals surface area (Å²) in [7, 11) is -0.676. The van der Waals surface area contributed by atoms with Crippen molar-refractivity contribution in [3.8, 4) is 0 Å². The van der Waals surface area contributed by atoms with Gasteiger partial charge >= 0.3 is 0 Å². The molecule has 2 unspecified atom stereocenters. The van der Waals surface area contributed by atoms with E-state index in [4.69, 9.17) is 0 Å². The fourth-order valence-corrected chi connectivity index (χ4v) is 2.75. The van der Waals surface area contributed by atoms with Gasteiger partial charge in [-0.2, -0.15) is 0 Å². The number of rotatable bonds is 7. The molecule has 2 atom stereocenters. The molecule has 0 saturated heterocycles. The van der Waals surface area contributed by atoms with Crippen molar-refractivity contribution in [2.45, 2.75) is 44.7 Å². The quantitative estimate of drug-likeness (QED) is 0.821. The first-order valence-corrected chi connectivity index (χ1v) is 8.50. The molecule has 0 bridgehead atoms. The summed E-state index contributed by atoms with van der Waals surface area (Å²) in [6.45, 7) is 3.06. The molecule has 1 fully saturated rings. The summed E-state index contributed by atoms with van der Waals surface area (Å²) < 4.78 is 11.0. The highest BCUT2D eigenvalue weighted by Crippen LogP contribution is 2.39. The van der Waals surface area contributed by atoms with Gasteiger partial charge in [-0.05, 0) is 43.2 Å². The van der Waals surface area contributed by atoms with Crippen molar-refractivity contribution in [2.24, 2.45) is 0 Å². The number of hydrogen-bond acceptors (Lipinski definition) is 2. The van der Waals surface area contributed by atoms with Gasteiger partial charge in [0, 0.05) is 35.4 Å². The molecule has 0 aliphatic heterocycles. The van der Waals surface area contributed by atoms with Crippen LogP contribution < -0.4 is 5.32 Å². The molecule has 2 nitrogen and oxygen atoms in total. The molecule has 1 saturated carbocycles. The molecule has 0 radical (unpaired) electrons.